The minimum absolute atomic E-state index is 0.167. The number of hydrogen-bond donors (Lipinski definition) is 1. The van der Waals surface area contributed by atoms with Gasteiger partial charge in [-0.25, -0.2) is 0 Å². The van der Waals surface area contributed by atoms with Gasteiger partial charge in [0.15, 0.2) is 0 Å². The van der Waals surface area contributed by atoms with Gasteiger partial charge in [-0.05, 0) is 11.4 Å². The fraction of sp³-hybridized carbons (Fsp3) is 0.455. The second kappa shape index (κ2) is 4.96. The summed E-state index contributed by atoms with van der Waals surface area (Å²) in [5, 5.41) is 6.06. The first-order valence-electron chi connectivity index (χ1n) is 4.60. The molecule has 0 radical (unpaired) electrons. The van der Waals surface area contributed by atoms with Gasteiger partial charge in [0.05, 0.1) is 0 Å². The van der Waals surface area contributed by atoms with E-state index in [1.54, 1.807) is 11.3 Å². The van der Waals surface area contributed by atoms with Gasteiger partial charge in [0.1, 0.15) is 0 Å². The van der Waals surface area contributed by atoms with Gasteiger partial charge in [0.25, 0.3) is 0 Å². The number of nitrogens with one attached hydrogen (secondary N) is 1. The van der Waals surface area contributed by atoms with Crippen molar-refractivity contribution in [1.82, 2.24) is 5.32 Å². The molecule has 1 N–H and O–H groups in total. The largest absolute Gasteiger partial charge is 0.311 e. The Labute approximate surface area is 94.8 Å². The molecule has 0 amide bonds. The van der Waals surface area contributed by atoms with Crippen LogP contribution in [-0.2, 0) is 5.41 Å². The summed E-state index contributed by atoms with van der Waals surface area (Å²) in [5.41, 5.74) is 0.167. The first-order chi connectivity index (χ1) is 6.52. The van der Waals surface area contributed by atoms with Crippen LogP contribution in [0.4, 0.5) is 0 Å². The smallest absolute Gasteiger partial charge is 0.0307 e. The van der Waals surface area contributed by atoms with E-state index >= 15 is 0 Å². The van der Waals surface area contributed by atoms with E-state index in [1.807, 2.05) is 0 Å². The molecule has 0 atom stereocenters. The summed E-state index contributed by atoms with van der Waals surface area (Å²) in [6, 6.07) is 4.25. The highest BCUT2D eigenvalue weighted by atomic mass is 35.5. The van der Waals surface area contributed by atoms with E-state index in [1.165, 1.54) is 4.88 Å². The Bertz CT molecular complexity index is 290. The molecular weight excluding hydrogens is 214 g/mol. The van der Waals surface area contributed by atoms with Gasteiger partial charge in [-0.2, -0.15) is 0 Å². The molecule has 78 valence electrons. The van der Waals surface area contributed by atoms with E-state index in [0.717, 1.165) is 6.54 Å². The van der Waals surface area contributed by atoms with Gasteiger partial charge in [0.2, 0.25) is 0 Å². The third-order valence-electron chi connectivity index (χ3n) is 2.07. The summed E-state index contributed by atoms with van der Waals surface area (Å²) in [6.45, 7) is 9.69. The van der Waals surface area contributed by atoms with Crippen molar-refractivity contribution in [2.24, 2.45) is 0 Å². The zero-order chi connectivity index (χ0) is 10.6. The van der Waals surface area contributed by atoms with Crippen molar-refractivity contribution in [2.45, 2.75) is 19.3 Å². The molecule has 0 aliphatic rings. The van der Waals surface area contributed by atoms with E-state index < -0.39 is 0 Å². The molecular formula is C11H16ClNS. The van der Waals surface area contributed by atoms with Gasteiger partial charge >= 0.3 is 0 Å². The predicted octanol–water partition coefficient (Wildman–Crippen LogP) is 3.37. The molecule has 1 rings (SSSR count). The Morgan fingerprint density at radius 3 is 2.86 bits per heavy atom. The summed E-state index contributed by atoms with van der Waals surface area (Å²) in [6.07, 6.45) is 0. The van der Waals surface area contributed by atoms with Crippen molar-refractivity contribution in [3.8, 4) is 0 Å². The summed E-state index contributed by atoms with van der Waals surface area (Å²) in [5.74, 6) is 0. The molecule has 1 nitrogen and oxygen atoms in total. The van der Waals surface area contributed by atoms with Crippen LogP contribution < -0.4 is 5.32 Å². The van der Waals surface area contributed by atoms with Gasteiger partial charge in [-0.1, -0.05) is 38.1 Å². The lowest BCUT2D eigenvalue weighted by Gasteiger charge is -2.23. The highest BCUT2D eigenvalue weighted by Gasteiger charge is 2.20. The Morgan fingerprint density at radius 2 is 2.36 bits per heavy atom. The average molecular weight is 230 g/mol. The van der Waals surface area contributed by atoms with Gasteiger partial charge in [-0.15, -0.1) is 11.3 Å². The number of thiophene rings is 1. The molecule has 1 heterocycles. The molecule has 0 saturated carbocycles. The predicted molar refractivity (Wildman–Crippen MR) is 65.2 cm³/mol. The average Bonchev–Trinajstić information content (AvgIpc) is 2.54. The Morgan fingerprint density at radius 1 is 1.64 bits per heavy atom. The summed E-state index contributed by atoms with van der Waals surface area (Å²) in [4.78, 5) is 1.39. The van der Waals surface area contributed by atoms with Crippen LogP contribution >= 0.6 is 22.9 Å². The molecule has 1 aromatic heterocycles. The van der Waals surface area contributed by atoms with Crippen LogP contribution in [0.3, 0.4) is 0 Å². The van der Waals surface area contributed by atoms with Crippen LogP contribution in [0.25, 0.3) is 0 Å². The van der Waals surface area contributed by atoms with E-state index in [-0.39, 0.29) is 5.41 Å². The van der Waals surface area contributed by atoms with E-state index in [9.17, 15) is 0 Å². The third kappa shape index (κ3) is 3.45. The van der Waals surface area contributed by atoms with Crippen LogP contribution in [-0.4, -0.2) is 13.1 Å². The molecule has 14 heavy (non-hydrogen) atoms. The first kappa shape index (κ1) is 11.8. The quantitative estimate of drug-likeness (QED) is 0.817. The minimum atomic E-state index is 0.167. The molecule has 0 bridgehead atoms. The topological polar surface area (TPSA) is 12.0 Å². The lowest BCUT2D eigenvalue weighted by molar-refractivity contribution is 0.491. The molecule has 1 aromatic rings. The Hall–Kier alpha value is -0.310. The van der Waals surface area contributed by atoms with Gasteiger partial charge < -0.3 is 5.32 Å². The Balaban J connectivity index is 2.46. The highest BCUT2D eigenvalue weighted by molar-refractivity contribution is 7.10. The van der Waals surface area contributed by atoms with Crippen molar-refractivity contribution in [3.63, 3.8) is 0 Å². The first-order valence-corrected chi connectivity index (χ1v) is 5.86. The maximum atomic E-state index is 5.68. The van der Waals surface area contributed by atoms with Crippen molar-refractivity contribution < 1.29 is 0 Å². The molecule has 0 aliphatic carbocycles. The van der Waals surface area contributed by atoms with Crippen molar-refractivity contribution in [3.05, 3.63) is 34.0 Å². The van der Waals surface area contributed by atoms with E-state index in [4.69, 9.17) is 11.6 Å². The van der Waals surface area contributed by atoms with Gasteiger partial charge in [0, 0.05) is 28.4 Å². The lowest BCUT2D eigenvalue weighted by Crippen LogP contribution is -2.32. The molecule has 3 heteroatoms. The van der Waals surface area contributed by atoms with Crippen molar-refractivity contribution in [2.75, 3.05) is 13.1 Å². The third-order valence-corrected chi connectivity index (χ3v) is 3.44. The summed E-state index contributed by atoms with van der Waals surface area (Å²) < 4.78 is 0. The zero-order valence-electron chi connectivity index (χ0n) is 8.64. The molecule has 0 fully saturated rings. The van der Waals surface area contributed by atoms with Crippen LogP contribution in [0.5, 0.6) is 0 Å². The van der Waals surface area contributed by atoms with Crippen LogP contribution in [0.15, 0.2) is 29.1 Å². The second-order valence-electron chi connectivity index (χ2n) is 3.98. The highest BCUT2D eigenvalue weighted by Crippen LogP contribution is 2.26. The molecule has 0 unspecified atom stereocenters. The van der Waals surface area contributed by atoms with Crippen molar-refractivity contribution >= 4 is 22.9 Å². The SMILES string of the molecule is C=C(Cl)CNCC(C)(C)c1cccs1. The number of halogens is 1. The fourth-order valence-corrected chi connectivity index (χ4v) is 2.21. The fourth-order valence-electron chi connectivity index (χ4n) is 1.26. The number of rotatable bonds is 5. The molecule has 0 spiro atoms. The molecule has 0 aromatic carbocycles. The standard InChI is InChI=1S/C11H16ClNS/c1-9(12)7-13-8-11(2,3)10-5-4-6-14-10/h4-6,13H,1,7-8H2,2-3H3. The molecule has 0 saturated heterocycles. The Kier molecular flexibility index (Phi) is 4.17. The maximum Gasteiger partial charge on any atom is 0.0307 e. The second-order valence-corrected chi connectivity index (χ2v) is 5.46. The van der Waals surface area contributed by atoms with Gasteiger partial charge in [-0.3, -0.25) is 0 Å². The van der Waals surface area contributed by atoms with Crippen LogP contribution in [0.2, 0.25) is 0 Å². The lowest BCUT2D eigenvalue weighted by atomic mass is 9.91. The maximum absolute atomic E-state index is 5.68. The summed E-state index contributed by atoms with van der Waals surface area (Å²) in [7, 11) is 0. The monoisotopic (exact) mass is 229 g/mol. The summed E-state index contributed by atoms with van der Waals surface area (Å²) >= 11 is 7.47. The normalized spacial score (nSPS) is 11.6. The van der Waals surface area contributed by atoms with E-state index in [2.05, 4.69) is 43.3 Å². The van der Waals surface area contributed by atoms with Crippen LogP contribution in [0.1, 0.15) is 18.7 Å². The number of hydrogen-bond acceptors (Lipinski definition) is 2. The van der Waals surface area contributed by atoms with E-state index in [0.29, 0.717) is 11.6 Å². The molecule has 0 aliphatic heterocycles. The zero-order valence-corrected chi connectivity index (χ0v) is 10.2. The minimum Gasteiger partial charge on any atom is -0.311 e. The van der Waals surface area contributed by atoms with Crippen LogP contribution in [0, 0.1) is 0 Å². The van der Waals surface area contributed by atoms with Crippen molar-refractivity contribution in [1.29, 1.82) is 0 Å².